The number of benzene rings is 2. The Morgan fingerprint density at radius 3 is 2.29 bits per heavy atom. The minimum Gasteiger partial charge on any atom is -0.497 e. The molecule has 182 valence electrons. The lowest BCUT2D eigenvalue weighted by Gasteiger charge is -2.40. The first-order valence-corrected chi connectivity index (χ1v) is 11.3. The third-order valence-electron chi connectivity index (χ3n) is 7.23. The molecule has 2 aliphatic rings. The maximum absolute atomic E-state index is 13.5. The van der Waals surface area contributed by atoms with Gasteiger partial charge in [0, 0.05) is 26.1 Å². The van der Waals surface area contributed by atoms with Gasteiger partial charge in [-0.25, -0.2) is 0 Å². The number of amides is 1. The molecule has 3 aromatic rings. The maximum atomic E-state index is 13.5. The summed E-state index contributed by atoms with van der Waals surface area (Å²) in [4.78, 5) is 19.4. The van der Waals surface area contributed by atoms with Crippen molar-refractivity contribution in [3.63, 3.8) is 0 Å². The SMILES string of the molecule is COc1ccc([C@@]23Oc4cc(OC)cnc4C2(O)[C@H](O)[C@H](C(=O)N(C)C)[C@H]3c2ccccc2)cc1. The van der Waals surface area contributed by atoms with Crippen molar-refractivity contribution in [2.24, 2.45) is 5.92 Å². The van der Waals surface area contributed by atoms with Gasteiger partial charge in [0.25, 0.3) is 0 Å². The molecule has 1 saturated carbocycles. The number of rotatable bonds is 5. The lowest BCUT2D eigenvalue weighted by molar-refractivity contribution is -0.157. The summed E-state index contributed by atoms with van der Waals surface area (Å²) in [6, 6.07) is 18.1. The summed E-state index contributed by atoms with van der Waals surface area (Å²) in [5.74, 6) is -0.702. The number of hydrogen-bond donors (Lipinski definition) is 2. The molecular formula is C27H28N2O6. The lowest BCUT2D eigenvalue weighted by Crippen LogP contribution is -2.52. The first kappa shape index (κ1) is 23.1. The van der Waals surface area contributed by atoms with Crippen molar-refractivity contribution >= 4 is 5.91 Å². The van der Waals surface area contributed by atoms with Gasteiger partial charge in [-0.3, -0.25) is 9.78 Å². The van der Waals surface area contributed by atoms with E-state index < -0.39 is 29.1 Å². The molecular weight excluding hydrogens is 448 g/mol. The van der Waals surface area contributed by atoms with Crippen LogP contribution in [0.5, 0.6) is 17.2 Å². The first-order chi connectivity index (χ1) is 16.8. The van der Waals surface area contributed by atoms with Crippen molar-refractivity contribution in [3.05, 3.63) is 83.7 Å². The van der Waals surface area contributed by atoms with E-state index in [2.05, 4.69) is 4.98 Å². The molecule has 2 heterocycles. The second-order valence-corrected chi connectivity index (χ2v) is 9.15. The number of carbonyl (C=O) groups is 1. The van der Waals surface area contributed by atoms with E-state index in [4.69, 9.17) is 14.2 Å². The van der Waals surface area contributed by atoms with E-state index in [0.29, 0.717) is 22.8 Å². The van der Waals surface area contributed by atoms with Gasteiger partial charge in [0.05, 0.1) is 26.3 Å². The van der Waals surface area contributed by atoms with E-state index in [-0.39, 0.29) is 11.6 Å². The van der Waals surface area contributed by atoms with E-state index in [0.717, 1.165) is 5.56 Å². The molecule has 1 amide bonds. The Bertz CT molecular complexity index is 1250. The number of aromatic nitrogens is 1. The number of aliphatic hydroxyl groups excluding tert-OH is 1. The van der Waals surface area contributed by atoms with E-state index in [1.165, 1.54) is 18.2 Å². The molecule has 1 unspecified atom stereocenters. The van der Waals surface area contributed by atoms with E-state index in [9.17, 15) is 15.0 Å². The number of carbonyl (C=O) groups excluding carboxylic acids is 1. The number of nitrogens with zero attached hydrogens (tertiary/aromatic N) is 2. The summed E-state index contributed by atoms with van der Waals surface area (Å²) in [6.45, 7) is 0. The number of ether oxygens (including phenoxy) is 3. The summed E-state index contributed by atoms with van der Waals surface area (Å²) >= 11 is 0. The van der Waals surface area contributed by atoms with Crippen LogP contribution in [-0.4, -0.2) is 60.4 Å². The molecule has 5 atom stereocenters. The molecule has 1 aromatic heterocycles. The van der Waals surface area contributed by atoms with Crippen molar-refractivity contribution in [1.29, 1.82) is 0 Å². The van der Waals surface area contributed by atoms with Gasteiger partial charge >= 0.3 is 0 Å². The predicted molar refractivity (Wildman–Crippen MR) is 127 cm³/mol. The van der Waals surface area contributed by atoms with Gasteiger partial charge in [0.1, 0.15) is 29.0 Å². The zero-order valence-corrected chi connectivity index (χ0v) is 20.0. The van der Waals surface area contributed by atoms with Crippen LogP contribution in [0.25, 0.3) is 0 Å². The molecule has 2 aromatic carbocycles. The molecule has 8 heteroatoms. The fraction of sp³-hybridized carbons (Fsp3) is 0.333. The average molecular weight is 477 g/mol. The van der Waals surface area contributed by atoms with Crippen molar-refractivity contribution < 1.29 is 29.2 Å². The zero-order chi connectivity index (χ0) is 25.0. The molecule has 1 aliphatic heterocycles. The second kappa shape index (κ2) is 8.25. The van der Waals surface area contributed by atoms with Gasteiger partial charge < -0.3 is 29.3 Å². The maximum Gasteiger partial charge on any atom is 0.228 e. The van der Waals surface area contributed by atoms with Gasteiger partial charge in [0.15, 0.2) is 11.2 Å². The number of methoxy groups -OCH3 is 2. The minimum atomic E-state index is -2.03. The van der Waals surface area contributed by atoms with Crippen LogP contribution in [0, 0.1) is 5.92 Å². The van der Waals surface area contributed by atoms with Crippen LogP contribution in [0.15, 0.2) is 66.9 Å². The Labute approximate surface area is 203 Å². The van der Waals surface area contributed by atoms with E-state index >= 15 is 0 Å². The third kappa shape index (κ3) is 3.06. The number of pyridine rings is 1. The van der Waals surface area contributed by atoms with Gasteiger partial charge in [-0.15, -0.1) is 0 Å². The quantitative estimate of drug-likeness (QED) is 0.583. The van der Waals surface area contributed by atoms with Gasteiger partial charge in [-0.05, 0) is 23.3 Å². The van der Waals surface area contributed by atoms with Crippen LogP contribution < -0.4 is 14.2 Å². The highest BCUT2D eigenvalue weighted by Gasteiger charge is 2.78. The Hall–Kier alpha value is -3.62. The van der Waals surface area contributed by atoms with Crippen molar-refractivity contribution in [3.8, 4) is 17.2 Å². The van der Waals surface area contributed by atoms with Crippen LogP contribution in [-0.2, 0) is 16.0 Å². The number of fused-ring (bicyclic) bond motifs is 3. The van der Waals surface area contributed by atoms with Crippen molar-refractivity contribution in [1.82, 2.24) is 9.88 Å². The van der Waals surface area contributed by atoms with Crippen LogP contribution in [0.3, 0.4) is 0 Å². The van der Waals surface area contributed by atoms with Gasteiger partial charge in [-0.2, -0.15) is 0 Å². The largest absolute Gasteiger partial charge is 0.497 e. The highest BCUT2D eigenvalue weighted by atomic mass is 16.5. The molecule has 0 spiro atoms. The molecule has 2 N–H and O–H groups in total. The topological polar surface area (TPSA) is 101 Å². The molecule has 8 nitrogen and oxygen atoms in total. The molecule has 1 aliphatic carbocycles. The Morgan fingerprint density at radius 2 is 1.69 bits per heavy atom. The first-order valence-electron chi connectivity index (χ1n) is 11.3. The molecule has 1 fully saturated rings. The van der Waals surface area contributed by atoms with Crippen LogP contribution >= 0.6 is 0 Å². The molecule has 35 heavy (non-hydrogen) atoms. The molecule has 5 rings (SSSR count). The second-order valence-electron chi connectivity index (χ2n) is 9.15. The molecule has 0 saturated heterocycles. The average Bonchev–Trinajstić information content (AvgIpc) is 3.26. The highest BCUT2D eigenvalue weighted by molar-refractivity contribution is 5.82. The van der Waals surface area contributed by atoms with E-state index in [1.54, 1.807) is 51.5 Å². The summed E-state index contributed by atoms with van der Waals surface area (Å²) in [5.41, 5.74) is -2.09. The normalized spacial score (nSPS) is 28.6. The monoisotopic (exact) mass is 476 g/mol. The summed E-state index contributed by atoms with van der Waals surface area (Å²) in [5, 5.41) is 24.3. The minimum absolute atomic E-state index is 0.164. The Balaban J connectivity index is 1.84. The summed E-state index contributed by atoms with van der Waals surface area (Å²) in [7, 11) is 6.35. The van der Waals surface area contributed by atoms with Crippen LogP contribution in [0.2, 0.25) is 0 Å². The Morgan fingerprint density at radius 1 is 1.03 bits per heavy atom. The third-order valence-corrected chi connectivity index (χ3v) is 7.23. The predicted octanol–water partition coefficient (Wildman–Crippen LogP) is 2.44. The summed E-state index contributed by atoms with van der Waals surface area (Å²) < 4.78 is 17.3. The number of hydrogen-bond acceptors (Lipinski definition) is 7. The van der Waals surface area contributed by atoms with Gasteiger partial charge in [0.2, 0.25) is 5.91 Å². The lowest BCUT2D eigenvalue weighted by atomic mass is 9.71. The van der Waals surface area contributed by atoms with Gasteiger partial charge in [-0.1, -0.05) is 42.5 Å². The van der Waals surface area contributed by atoms with E-state index in [1.807, 2.05) is 30.3 Å². The molecule has 0 bridgehead atoms. The standard InChI is InChI=1S/C27H28N2O6/c1-29(2)25(31)21-22(16-8-6-5-7-9-16)27(17-10-12-18(33-3)13-11-17)26(32,24(21)30)23-20(35-27)14-19(34-4)15-28-23/h5-15,21-22,24,30,32H,1-4H3/t21-,22-,24-,26?,27+/m1/s1. The summed E-state index contributed by atoms with van der Waals surface area (Å²) in [6.07, 6.45) is -0.0397. The highest BCUT2D eigenvalue weighted by Crippen LogP contribution is 2.68. The fourth-order valence-corrected chi connectivity index (χ4v) is 5.66. The van der Waals surface area contributed by atoms with Crippen molar-refractivity contribution in [2.75, 3.05) is 28.3 Å². The fourth-order valence-electron chi connectivity index (χ4n) is 5.66. The molecule has 0 radical (unpaired) electrons. The zero-order valence-electron chi connectivity index (χ0n) is 20.0. The Kier molecular flexibility index (Phi) is 5.45. The smallest absolute Gasteiger partial charge is 0.228 e. The van der Waals surface area contributed by atoms with Crippen LogP contribution in [0.1, 0.15) is 22.7 Å². The number of aliphatic hydroxyl groups is 2. The van der Waals surface area contributed by atoms with Crippen LogP contribution in [0.4, 0.5) is 0 Å². The van der Waals surface area contributed by atoms with Crippen molar-refractivity contribution in [2.45, 2.75) is 23.2 Å².